The van der Waals surface area contributed by atoms with Crippen LogP contribution in [0, 0.1) is 0 Å². The number of hydrogen-bond donors (Lipinski definition) is 1. The van der Waals surface area contributed by atoms with Gasteiger partial charge in [-0.2, -0.15) is 0 Å². The van der Waals surface area contributed by atoms with Gasteiger partial charge in [-0.15, -0.1) is 11.8 Å². The molecule has 4 rings (SSSR count). The van der Waals surface area contributed by atoms with Gasteiger partial charge in [-0.1, -0.05) is 6.07 Å². The molecule has 0 radical (unpaired) electrons. The van der Waals surface area contributed by atoms with Crippen molar-refractivity contribution in [3.63, 3.8) is 0 Å². The summed E-state index contributed by atoms with van der Waals surface area (Å²) in [5, 5.41) is 2.92. The molecule has 0 saturated carbocycles. The van der Waals surface area contributed by atoms with Crippen molar-refractivity contribution < 1.29 is 23.7 Å². The monoisotopic (exact) mass is 373 g/mol. The van der Waals surface area contributed by atoms with Gasteiger partial charge >= 0.3 is 0 Å². The number of amides is 1. The van der Waals surface area contributed by atoms with Crippen molar-refractivity contribution in [3.8, 4) is 23.0 Å². The fourth-order valence-corrected chi connectivity index (χ4v) is 3.44. The highest BCUT2D eigenvalue weighted by molar-refractivity contribution is 8.00. The number of carbonyl (C=O) groups is 1. The van der Waals surface area contributed by atoms with Gasteiger partial charge in [-0.25, -0.2) is 0 Å². The van der Waals surface area contributed by atoms with E-state index < -0.39 is 0 Å². The van der Waals surface area contributed by atoms with Gasteiger partial charge in [0.2, 0.25) is 12.7 Å². The third-order valence-electron chi connectivity index (χ3n) is 4.02. The Hall–Kier alpha value is -2.54. The Kier molecular flexibility index (Phi) is 5.06. The van der Waals surface area contributed by atoms with Crippen molar-refractivity contribution in [3.05, 3.63) is 42.0 Å². The molecule has 1 amide bonds. The molecule has 2 aromatic carbocycles. The first-order chi connectivity index (χ1) is 12.8. The SMILES string of the molecule is O=C(CSc1ccc2c(c1)OCCCO2)NCc1ccc2c(c1)OCO2. The predicted octanol–water partition coefficient (Wildman–Crippen LogP) is 2.99. The maximum Gasteiger partial charge on any atom is 0.231 e. The minimum absolute atomic E-state index is 0.0280. The largest absolute Gasteiger partial charge is 0.490 e. The Morgan fingerprint density at radius 2 is 1.65 bits per heavy atom. The average Bonchev–Trinajstić information content (AvgIpc) is 3.00. The van der Waals surface area contributed by atoms with Crippen molar-refractivity contribution in [2.24, 2.45) is 0 Å². The van der Waals surface area contributed by atoms with Crippen LogP contribution in [0.3, 0.4) is 0 Å². The highest BCUT2D eigenvalue weighted by atomic mass is 32.2. The zero-order valence-corrected chi connectivity index (χ0v) is 15.0. The van der Waals surface area contributed by atoms with Crippen LogP contribution in [0.15, 0.2) is 41.3 Å². The number of carbonyl (C=O) groups excluding carboxylic acids is 1. The van der Waals surface area contributed by atoms with Crippen LogP contribution >= 0.6 is 11.8 Å². The molecule has 6 nitrogen and oxygen atoms in total. The number of hydrogen-bond acceptors (Lipinski definition) is 6. The van der Waals surface area contributed by atoms with Gasteiger partial charge in [0.05, 0.1) is 19.0 Å². The van der Waals surface area contributed by atoms with Crippen molar-refractivity contribution in [2.45, 2.75) is 17.9 Å². The van der Waals surface area contributed by atoms with Gasteiger partial charge in [0.1, 0.15) is 0 Å². The first-order valence-corrected chi connectivity index (χ1v) is 9.44. The van der Waals surface area contributed by atoms with E-state index in [9.17, 15) is 4.79 Å². The first-order valence-electron chi connectivity index (χ1n) is 8.45. The molecular formula is C19H19NO5S. The van der Waals surface area contributed by atoms with Gasteiger partial charge in [0.15, 0.2) is 23.0 Å². The molecule has 2 aliphatic rings. The topological polar surface area (TPSA) is 66.0 Å². The van der Waals surface area contributed by atoms with Crippen molar-refractivity contribution in [1.29, 1.82) is 0 Å². The molecule has 0 aliphatic carbocycles. The zero-order valence-electron chi connectivity index (χ0n) is 14.2. The zero-order chi connectivity index (χ0) is 17.8. The minimum Gasteiger partial charge on any atom is -0.490 e. The molecule has 1 N–H and O–H groups in total. The predicted molar refractivity (Wildman–Crippen MR) is 97.2 cm³/mol. The van der Waals surface area contributed by atoms with E-state index in [0.717, 1.165) is 39.9 Å². The fraction of sp³-hybridized carbons (Fsp3) is 0.316. The van der Waals surface area contributed by atoms with Crippen LogP contribution in [-0.2, 0) is 11.3 Å². The molecule has 2 heterocycles. The highest BCUT2D eigenvalue weighted by Crippen LogP contribution is 2.34. The summed E-state index contributed by atoms with van der Waals surface area (Å²) in [7, 11) is 0. The third-order valence-corrected chi connectivity index (χ3v) is 5.01. The van der Waals surface area contributed by atoms with E-state index in [-0.39, 0.29) is 12.7 Å². The molecule has 136 valence electrons. The molecule has 26 heavy (non-hydrogen) atoms. The molecule has 0 fully saturated rings. The molecule has 0 aromatic heterocycles. The van der Waals surface area contributed by atoms with Crippen molar-refractivity contribution >= 4 is 17.7 Å². The number of fused-ring (bicyclic) bond motifs is 2. The van der Waals surface area contributed by atoms with Crippen LogP contribution in [0.1, 0.15) is 12.0 Å². The molecule has 0 spiro atoms. The van der Waals surface area contributed by atoms with Gasteiger partial charge in [0.25, 0.3) is 0 Å². The Balaban J connectivity index is 1.28. The maximum absolute atomic E-state index is 12.1. The molecule has 0 saturated heterocycles. The molecule has 7 heteroatoms. The molecule has 0 unspecified atom stereocenters. The van der Waals surface area contributed by atoms with E-state index in [0.29, 0.717) is 25.5 Å². The van der Waals surface area contributed by atoms with Crippen LogP contribution in [0.2, 0.25) is 0 Å². The number of ether oxygens (including phenoxy) is 4. The normalized spacial score (nSPS) is 14.6. The van der Waals surface area contributed by atoms with Crippen molar-refractivity contribution in [1.82, 2.24) is 5.32 Å². The van der Waals surface area contributed by atoms with Crippen LogP contribution in [0.5, 0.6) is 23.0 Å². The smallest absolute Gasteiger partial charge is 0.231 e. The van der Waals surface area contributed by atoms with Crippen LogP contribution in [0.25, 0.3) is 0 Å². The molecule has 0 bridgehead atoms. The number of rotatable bonds is 5. The lowest BCUT2D eigenvalue weighted by Gasteiger charge is -2.09. The lowest BCUT2D eigenvalue weighted by atomic mass is 10.2. The van der Waals surface area contributed by atoms with Crippen LogP contribution in [0.4, 0.5) is 0 Å². The highest BCUT2D eigenvalue weighted by Gasteiger charge is 2.14. The summed E-state index contributed by atoms with van der Waals surface area (Å²) in [6.07, 6.45) is 0.874. The lowest BCUT2D eigenvalue weighted by molar-refractivity contribution is -0.118. The fourth-order valence-electron chi connectivity index (χ4n) is 2.68. The van der Waals surface area contributed by atoms with E-state index >= 15 is 0 Å². The maximum atomic E-state index is 12.1. The summed E-state index contributed by atoms with van der Waals surface area (Å²) in [5.41, 5.74) is 0.975. The van der Waals surface area contributed by atoms with Gasteiger partial charge in [-0.3, -0.25) is 4.79 Å². The second kappa shape index (κ2) is 7.78. The quantitative estimate of drug-likeness (QED) is 0.813. The van der Waals surface area contributed by atoms with E-state index in [2.05, 4.69) is 5.32 Å². The first kappa shape index (κ1) is 16.9. The number of benzene rings is 2. The molecule has 0 atom stereocenters. The summed E-state index contributed by atoms with van der Waals surface area (Å²) in [4.78, 5) is 13.1. The lowest BCUT2D eigenvalue weighted by Crippen LogP contribution is -2.24. The van der Waals surface area contributed by atoms with E-state index in [1.807, 2.05) is 36.4 Å². The molecular weight excluding hydrogens is 354 g/mol. The van der Waals surface area contributed by atoms with Gasteiger partial charge in [0, 0.05) is 17.9 Å². The standard InChI is InChI=1S/C19H19NO5S/c21-19(20-10-13-2-4-16-17(8-13)25-12-24-16)11-26-14-3-5-15-18(9-14)23-7-1-6-22-15/h2-5,8-9H,1,6-7,10-12H2,(H,20,21). The second-order valence-corrected chi connectivity index (χ2v) is 6.96. The number of nitrogens with one attached hydrogen (secondary N) is 1. The van der Waals surface area contributed by atoms with Gasteiger partial charge in [-0.05, 0) is 35.9 Å². The Labute approximate surface area is 155 Å². The average molecular weight is 373 g/mol. The van der Waals surface area contributed by atoms with E-state index in [1.54, 1.807) is 0 Å². The summed E-state index contributed by atoms with van der Waals surface area (Å²) in [6.45, 7) is 2.02. The van der Waals surface area contributed by atoms with Crippen LogP contribution in [-0.4, -0.2) is 31.7 Å². The van der Waals surface area contributed by atoms with Crippen molar-refractivity contribution in [2.75, 3.05) is 25.8 Å². The van der Waals surface area contributed by atoms with Crippen LogP contribution < -0.4 is 24.3 Å². The van der Waals surface area contributed by atoms with Gasteiger partial charge < -0.3 is 24.3 Å². The van der Waals surface area contributed by atoms with E-state index in [1.165, 1.54) is 11.8 Å². The third kappa shape index (κ3) is 3.99. The second-order valence-electron chi connectivity index (χ2n) is 5.91. The summed E-state index contributed by atoms with van der Waals surface area (Å²) in [6, 6.07) is 11.4. The summed E-state index contributed by atoms with van der Waals surface area (Å²) in [5.74, 6) is 3.28. The molecule has 2 aromatic rings. The number of thioether (sulfide) groups is 1. The Morgan fingerprint density at radius 1 is 0.923 bits per heavy atom. The minimum atomic E-state index is -0.0280. The Bertz CT molecular complexity index is 811. The summed E-state index contributed by atoms with van der Waals surface area (Å²) < 4.78 is 21.9. The summed E-state index contributed by atoms with van der Waals surface area (Å²) >= 11 is 1.47. The molecule has 2 aliphatic heterocycles. The Morgan fingerprint density at radius 3 is 2.58 bits per heavy atom. The van der Waals surface area contributed by atoms with E-state index in [4.69, 9.17) is 18.9 Å².